The van der Waals surface area contributed by atoms with Gasteiger partial charge in [-0.2, -0.15) is 4.98 Å². The van der Waals surface area contributed by atoms with Crippen LogP contribution in [0.25, 0.3) is 11.4 Å². The summed E-state index contributed by atoms with van der Waals surface area (Å²) >= 11 is 5.91. The first-order valence-corrected chi connectivity index (χ1v) is 9.93. The average Bonchev–Trinajstić information content (AvgIpc) is 3.19. The molecule has 0 fully saturated rings. The zero-order chi connectivity index (χ0) is 20.8. The van der Waals surface area contributed by atoms with Crippen LogP contribution in [-0.4, -0.2) is 33.6 Å². The maximum atomic E-state index is 12.7. The Morgan fingerprint density at radius 3 is 2.45 bits per heavy atom. The lowest BCUT2D eigenvalue weighted by molar-refractivity contribution is -0.136. The minimum Gasteiger partial charge on any atom is -0.484 e. The minimum absolute atomic E-state index is 0.0422. The molecule has 3 rings (SSSR count). The van der Waals surface area contributed by atoms with Crippen molar-refractivity contribution < 1.29 is 14.1 Å². The van der Waals surface area contributed by atoms with E-state index in [1.165, 1.54) is 5.56 Å². The summed E-state index contributed by atoms with van der Waals surface area (Å²) in [5, 5.41) is 4.64. The highest BCUT2D eigenvalue weighted by Crippen LogP contribution is 2.20. The number of ether oxygens (including phenoxy) is 1. The number of rotatable bonds is 8. The molecule has 0 aliphatic heterocycles. The molecular weight excluding hydrogens is 390 g/mol. The van der Waals surface area contributed by atoms with Crippen molar-refractivity contribution in [2.24, 2.45) is 0 Å². The van der Waals surface area contributed by atoms with Crippen molar-refractivity contribution in [3.8, 4) is 17.1 Å². The summed E-state index contributed by atoms with van der Waals surface area (Å²) < 4.78 is 11.0. The van der Waals surface area contributed by atoms with Crippen LogP contribution in [0.2, 0.25) is 5.02 Å². The highest BCUT2D eigenvalue weighted by molar-refractivity contribution is 6.30. The quantitative estimate of drug-likeness (QED) is 0.532. The number of aromatic nitrogens is 2. The van der Waals surface area contributed by atoms with Gasteiger partial charge < -0.3 is 14.2 Å². The third kappa shape index (κ3) is 5.57. The fraction of sp³-hybridized carbons (Fsp3) is 0.318. The fourth-order valence-corrected chi connectivity index (χ4v) is 2.92. The molecule has 0 saturated heterocycles. The molecular formula is C22H24ClN3O3. The Kier molecular flexibility index (Phi) is 6.88. The summed E-state index contributed by atoms with van der Waals surface area (Å²) in [5.41, 5.74) is 2.02. The Labute approximate surface area is 175 Å². The fourth-order valence-electron chi connectivity index (χ4n) is 2.79. The van der Waals surface area contributed by atoms with E-state index < -0.39 is 0 Å². The van der Waals surface area contributed by atoms with E-state index in [0.29, 0.717) is 22.5 Å². The number of halogens is 1. The second-order valence-corrected chi connectivity index (χ2v) is 7.36. The van der Waals surface area contributed by atoms with Gasteiger partial charge in [0.1, 0.15) is 12.3 Å². The molecule has 2 aromatic carbocycles. The van der Waals surface area contributed by atoms with Crippen molar-refractivity contribution in [3.05, 3.63) is 65.0 Å². The van der Waals surface area contributed by atoms with Crippen LogP contribution in [0.4, 0.5) is 0 Å². The molecule has 152 valence electrons. The lowest BCUT2D eigenvalue weighted by atomic mass is 10.2. The molecule has 1 heterocycles. The van der Waals surface area contributed by atoms with Crippen molar-refractivity contribution in [3.63, 3.8) is 0 Å². The van der Waals surface area contributed by atoms with Gasteiger partial charge in [0.25, 0.3) is 5.91 Å². The van der Waals surface area contributed by atoms with Gasteiger partial charge in [-0.05, 0) is 62.2 Å². The van der Waals surface area contributed by atoms with Gasteiger partial charge in [-0.25, -0.2) is 0 Å². The van der Waals surface area contributed by atoms with E-state index in [0.717, 1.165) is 12.0 Å². The van der Waals surface area contributed by atoms with E-state index in [9.17, 15) is 4.79 Å². The molecule has 0 N–H and O–H groups in total. The van der Waals surface area contributed by atoms with Gasteiger partial charge in [0, 0.05) is 16.6 Å². The first-order valence-electron chi connectivity index (χ1n) is 9.56. The minimum atomic E-state index is -0.147. The second-order valence-electron chi connectivity index (χ2n) is 6.92. The Morgan fingerprint density at radius 1 is 1.14 bits per heavy atom. The molecule has 1 aromatic heterocycles. The van der Waals surface area contributed by atoms with E-state index in [2.05, 4.69) is 17.1 Å². The van der Waals surface area contributed by atoms with Crippen LogP contribution in [0.1, 0.15) is 32.2 Å². The van der Waals surface area contributed by atoms with Gasteiger partial charge in [-0.1, -0.05) is 35.8 Å². The topological polar surface area (TPSA) is 68.5 Å². The summed E-state index contributed by atoms with van der Waals surface area (Å²) in [7, 11) is 0. The number of amides is 1. The second kappa shape index (κ2) is 9.56. The monoisotopic (exact) mass is 413 g/mol. The molecule has 0 atom stereocenters. The predicted molar refractivity (Wildman–Crippen MR) is 112 cm³/mol. The number of aryl methyl sites for hydroxylation is 1. The first kappa shape index (κ1) is 20.9. The van der Waals surface area contributed by atoms with Crippen molar-refractivity contribution in [1.82, 2.24) is 15.0 Å². The third-order valence-electron chi connectivity index (χ3n) is 4.51. The molecule has 1 amide bonds. The number of nitrogens with zero attached hydrogens (tertiary/aromatic N) is 3. The van der Waals surface area contributed by atoms with Crippen LogP contribution in [0.15, 0.2) is 53.1 Å². The van der Waals surface area contributed by atoms with E-state index in [1.54, 1.807) is 17.0 Å². The van der Waals surface area contributed by atoms with Crippen molar-refractivity contribution in [1.29, 1.82) is 0 Å². The van der Waals surface area contributed by atoms with Gasteiger partial charge >= 0.3 is 0 Å². The van der Waals surface area contributed by atoms with E-state index in [-0.39, 0.29) is 25.1 Å². The van der Waals surface area contributed by atoms with Gasteiger partial charge in [0.15, 0.2) is 6.61 Å². The zero-order valence-corrected chi connectivity index (χ0v) is 17.5. The molecule has 29 heavy (non-hydrogen) atoms. The maximum absolute atomic E-state index is 12.7. The molecule has 0 saturated carbocycles. The highest BCUT2D eigenvalue weighted by atomic mass is 35.5. The Bertz CT molecular complexity index is 937. The Balaban J connectivity index is 1.63. The number of carbonyl (C=O) groups is 1. The number of hydrogen-bond acceptors (Lipinski definition) is 5. The molecule has 0 radical (unpaired) electrons. The van der Waals surface area contributed by atoms with Crippen LogP contribution < -0.4 is 4.74 Å². The molecule has 7 heteroatoms. The number of benzene rings is 2. The van der Waals surface area contributed by atoms with Gasteiger partial charge in [0.2, 0.25) is 11.7 Å². The summed E-state index contributed by atoms with van der Waals surface area (Å²) in [6.45, 7) is 6.13. The summed E-state index contributed by atoms with van der Waals surface area (Å²) in [4.78, 5) is 18.7. The normalized spacial score (nSPS) is 10.9. The molecule has 0 bridgehead atoms. The maximum Gasteiger partial charge on any atom is 0.261 e. The van der Waals surface area contributed by atoms with Crippen molar-refractivity contribution >= 4 is 17.5 Å². The zero-order valence-electron chi connectivity index (χ0n) is 16.8. The Morgan fingerprint density at radius 2 is 1.83 bits per heavy atom. The van der Waals surface area contributed by atoms with Gasteiger partial charge in [0.05, 0.1) is 0 Å². The molecule has 3 aromatic rings. The van der Waals surface area contributed by atoms with Crippen LogP contribution in [0.3, 0.4) is 0 Å². The van der Waals surface area contributed by atoms with Crippen LogP contribution in [-0.2, 0) is 17.8 Å². The SMILES string of the molecule is CCc1ccc(OCC(=O)N(Cc2nc(-c3ccc(Cl)cc3)no2)C(C)C)cc1. The van der Waals surface area contributed by atoms with E-state index in [1.807, 2.05) is 50.2 Å². The number of hydrogen-bond donors (Lipinski definition) is 0. The largest absolute Gasteiger partial charge is 0.484 e. The Hall–Kier alpha value is -2.86. The highest BCUT2D eigenvalue weighted by Gasteiger charge is 2.21. The molecule has 0 aliphatic carbocycles. The van der Waals surface area contributed by atoms with Crippen LogP contribution in [0.5, 0.6) is 5.75 Å². The number of carbonyl (C=O) groups excluding carboxylic acids is 1. The van der Waals surface area contributed by atoms with Crippen LogP contribution >= 0.6 is 11.6 Å². The first-order chi connectivity index (χ1) is 14.0. The molecule has 0 unspecified atom stereocenters. The third-order valence-corrected chi connectivity index (χ3v) is 4.77. The predicted octanol–water partition coefficient (Wildman–Crippen LogP) is 4.77. The molecule has 6 nitrogen and oxygen atoms in total. The standard InChI is InChI=1S/C22H24ClN3O3/c1-4-16-5-11-19(12-6-16)28-14-21(27)26(15(2)3)13-20-24-22(25-29-20)17-7-9-18(23)10-8-17/h5-12,15H,4,13-14H2,1-3H3. The molecule has 0 aliphatic rings. The smallest absolute Gasteiger partial charge is 0.261 e. The van der Waals surface area contributed by atoms with E-state index >= 15 is 0 Å². The summed E-state index contributed by atoms with van der Waals surface area (Å²) in [5.74, 6) is 1.34. The van der Waals surface area contributed by atoms with Crippen molar-refractivity contribution in [2.45, 2.75) is 39.8 Å². The van der Waals surface area contributed by atoms with Gasteiger partial charge in [-0.3, -0.25) is 4.79 Å². The molecule has 0 spiro atoms. The lowest BCUT2D eigenvalue weighted by Crippen LogP contribution is -2.39. The van der Waals surface area contributed by atoms with Crippen LogP contribution in [0, 0.1) is 0 Å². The van der Waals surface area contributed by atoms with Gasteiger partial charge in [-0.15, -0.1) is 0 Å². The van der Waals surface area contributed by atoms with E-state index in [4.69, 9.17) is 20.9 Å². The van der Waals surface area contributed by atoms with Crippen molar-refractivity contribution in [2.75, 3.05) is 6.61 Å². The lowest BCUT2D eigenvalue weighted by Gasteiger charge is -2.25. The summed E-state index contributed by atoms with van der Waals surface area (Å²) in [6.07, 6.45) is 0.961. The summed E-state index contributed by atoms with van der Waals surface area (Å²) in [6, 6.07) is 14.9. The average molecular weight is 414 g/mol.